The van der Waals surface area contributed by atoms with Crippen LogP contribution in [0.1, 0.15) is 62.2 Å². The zero-order valence-electron chi connectivity index (χ0n) is 24.2. The second-order valence-electron chi connectivity index (χ2n) is 10.1. The van der Waals surface area contributed by atoms with Crippen molar-refractivity contribution in [1.29, 1.82) is 0 Å². The quantitative estimate of drug-likeness (QED) is 0.138. The fraction of sp³-hybridized carbons (Fsp3) is 0.355. The number of aryl methyl sites for hydroxylation is 1. The summed E-state index contributed by atoms with van der Waals surface area (Å²) in [5.41, 5.74) is 4.88. The number of imidazole rings is 1. The number of halogens is 3. The molecule has 1 atom stereocenters. The smallest absolute Gasteiger partial charge is 0.490 e. The van der Waals surface area contributed by atoms with Crippen LogP contribution in [0.15, 0.2) is 54.7 Å². The van der Waals surface area contributed by atoms with Crippen LogP contribution in [0.2, 0.25) is 0 Å². The molecule has 0 spiro atoms. The number of fused-ring (bicyclic) bond motifs is 1. The van der Waals surface area contributed by atoms with Crippen molar-refractivity contribution in [2.45, 2.75) is 64.6 Å². The number of aromatic amines is 2. The molecule has 4 N–H and O–H groups in total. The number of carboxylic acids is 1. The number of H-pyrrole nitrogens is 2. The number of alkyl halides is 3. The van der Waals surface area contributed by atoms with Crippen LogP contribution >= 0.6 is 0 Å². The molecule has 0 radical (unpaired) electrons. The van der Waals surface area contributed by atoms with Crippen LogP contribution in [0.25, 0.3) is 22.2 Å². The van der Waals surface area contributed by atoms with Crippen LogP contribution in [-0.4, -0.2) is 51.0 Å². The molecule has 0 aliphatic rings. The molecule has 4 rings (SSSR count). The largest absolute Gasteiger partial charge is 0.497 e. The minimum atomic E-state index is -5.08. The normalized spacial score (nSPS) is 11.9. The van der Waals surface area contributed by atoms with Crippen molar-refractivity contribution in [1.82, 2.24) is 20.3 Å². The lowest BCUT2D eigenvalue weighted by molar-refractivity contribution is -0.192. The summed E-state index contributed by atoms with van der Waals surface area (Å²) in [4.78, 5) is 44.8. The average molecular weight is 601 g/mol. The summed E-state index contributed by atoms with van der Waals surface area (Å²) in [5, 5.41) is 11.3. The third-order valence-electron chi connectivity index (χ3n) is 6.77. The predicted octanol–water partition coefficient (Wildman–Crippen LogP) is 6.45. The van der Waals surface area contributed by atoms with Gasteiger partial charge in [0.2, 0.25) is 5.91 Å². The average Bonchev–Trinajstić information content (AvgIpc) is 3.57. The number of carboxylic acid groups (broad SMARTS) is 1. The number of aromatic nitrogens is 3. The molecular weight excluding hydrogens is 565 g/mol. The molecule has 0 fully saturated rings. The molecule has 9 nitrogen and oxygen atoms in total. The van der Waals surface area contributed by atoms with E-state index < -0.39 is 12.1 Å². The van der Waals surface area contributed by atoms with Gasteiger partial charge in [-0.1, -0.05) is 43.2 Å². The number of Topliss-reactive ketones (excluding diaryl/α,β-unsaturated/α-hetero) is 1. The van der Waals surface area contributed by atoms with Crippen molar-refractivity contribution in [3.05, 3.63) is 71.8 Å². The van der Waals surface area contributed by atoms with Crippen molar-refractivity contribution in [3.8, 4) is 17.0 Å². The highest BCUT2D eigenvalue weighted by Crippen LogP contribution is 2.28. The van der Waals surface area contributed by atoms with Gasteiger partial charge in [0.25, 0.3) is 0 Å². The number of carbonyl (C=O) groups excluding carboxylic acids is 2. The second kappa shape index (κ2) is 15.0. The SMILES string of the molecule is COc1ccc2[nH]c(C)c(CC(=O)N[C@@H](CCCCCC(C)=O)c3ncc(-c4ccccc4)[nH]3)c2c1.O=C(O)C(F)(F)F. The number of ketones is 1. The first-order valence-electron chi connectivity index (χ1n) is 13.7. The van der Waals surface area contributed by atoms with Gasteiger partial charge >= 0.3 is 12.1 Å². The van der Waals surface area contributed by atoms with E-state index in [0.717, 1.165) is 70.7 Å². The maximum absolute atomic E-state index is 13.3. The molecule has 4 aromatic rings. The second-order valence-corrected chi connectivity index (χ2v) is 10.1. The Morgan fingerprint density at radius 1 is 1.05 bits per heavy atom. The first-order valence-corrected chi connectivity index (χ1v) is 13.7. The summed E-state index contributed by atoms with van der Waals surface area (Å²) in [6.07, 6.45) is 1.01. The van der Waals surface area contributed by atoms with Crippen molar-refractivity contribution < 1.29 is 37.4 Å². The summed E-state index contributed by atoms with van der Waals surface area (Å²) in [6, 6.07) is 15.6. The molecule has 0 aliphatic carbocycles. The maximum Gasteiger partial charge on any atom is 0.490 e. The fourth-order valence-electron chi connectivity index (χ4n) is 4.58. The predicted molar refractivity (Wildman–Crippen MR) is 156 cm³/mol. The number of nitrogens with one attached hydrogen (secondary N) is 3. The van der Waals surface area contributed by atoms with E-state index in [-0.39, 0.29) is 24.2 Å². The molecule has 43 heavy (non-hydrogen) atoms. The number of aliphatic carboxylic acids is 1. The number of carbonyl (C=O) groups is 3. The van der Waals surface area contributed by atoms with E-state index in [1.165, 1.54) is 0 Å². The summed E-state index contributed by atoms with van der Waals surface area (Å²) in [5.74, 6) is -1.11. The number of methoxy groups -OCH3 is 1. The minimum absolute atomic E-state index is 0.0618. The van der Waals surface area contributed by atoms with Gasteiger partial charge in [0.05, 0.1) is 31.5 Å². The molecule has 0 saturated heterocycles. The van der Waals surface area contributed by atoms with Crippen LogP contribution in [0.4, 0.5) is 13.2 Å². The van der Waals surface area contributed by atoms with Crippen molar-refractivity contribution >= 4 is 28.6 Å². The van der Waals surface area contributed by atoms with E-state index in [9.17, 15) is 22.8 Å². The fourth-order valence-corrected chi connectivity index (χ4v) is 4.58. The number of nitrogens with zero attached hydrogens (tertiary/aromatic N) is 1. The Bertz CT molecular complexity index is 1530. The van der Waals surface area contributed by atoms with Gasteiger partial charge in [-0.25, -0.2) is 9.78 Å². The van der Waals surface area contributed by atoms with Crippen LogP contribution in [0.3, 0.4) is 0 Å². The van der Waals surface area contributed by atoms with Gasteiger partial charge in [-0.15, -0.1) is 0 Å². The highest BCUT2D eigenvalue weighted by Gasteiger charge is 2.38. The number of rotatable bonds is 12. The number of ether oxygens (including phenoxy) is 1. The van der Waals surface area contributed by atoms with Gasteiger partial charge in [0.1, 0.15) is 17.4 Å². The zero-order valence-corrected chi connectivity index (χ0v) is 24.2. The number of hydrogen-bond acceptors (Lipinski definition) is 5. The molecule has 2 aromatic heterocycles. The molecule has 0 bridgehead atoms. The topological polar surface area (TPSA) is 137 Å². The zero-order chi connectivity index (χ0) is 31.6. The Labute approximate surface area is 246 Å². The maximum atomic E-state index is 13.3. The van der Waals surface area contributed by atoms with Crippen LogP contribution < -0.4 is 10.1 Å². The van der Waals surface area contributed by atoms with Crippen molar-refractivity contribution in [2.24, 2.45) is 0 Å². The first kappa shape index (κ1) is 32.9. The van der Waals surface area contributed by atoms with E-state index in [0.29, 0.717) is 6.42 Å². The van der Waals surface area contributed by atoms with Gasteiger partial charge in [0.15, 0.2) is 0 Å². The Morgan fingerprint density at radius 2 is 1.74 bits per heavy atom. The summed E-state index contributed by atoms with van der Waals surface area (Å²) in [7, 11) is 1.64. The summed E-state index contributed by atoms with van der Waals surface area (Å²) < 4.78 is 37.1. The van der Waals surface area contributed by atoms with Gasteiger partial charge in [-0.05, 0) is 56.0 Å². The Morgan fingerprint density at radius 3 is 2.37 bits per heavy atom. The molecule has 12 heteroatoms. The third-order valence-corrected chi connectivity index (χ3v) is 6.77. The Kier molecular flexibility index (Phi) is 11.5. The lowest BCUT2D eigenvalue weighted by atomic mass is 10.0. The molecule has 2 aromatic carbocycles. The number of benzene rings is 2. The van der Waals surface area contributed by atoms with Crippen LogP contribution in [0, 0.1) is 6.92 Å². The van der Waals surface area contributed by atoms with Gasteiger partial charge < -0.3 is 29.9 Å². The van der Waals surface area contributed by atoms with Gasteiger partial charge in [-0.2, -0.15) is 13.2 Å². The van der Waals surface area contributed by atoms with Gasteiger partial charge in [-0.3, -0.25) is 4.79 Å². The molecule has 1 amide bonds. The molecular formula is C31H35F3N4O5. The van der Waals surface area contributed by atoms with Gasteiger partial charge in [0, 0.05) is 23.0 Å². The standard InChI is InChI=1S/C29H34N4O3.C2HF3O2/c1-19(34)10-6-4-9-13-26(29-30-18-27(33-29)21-11-7-5-8-12-21)32-28(35)17-23-20(2)31-25-15-14-22(36-3)16-24(23)25;3-2(4,5)1(6)7/h5,7-8,11-12,14-16,18,26,31H,4,6,9-10,13,17H2,1-3H3,(H,30,33)(H,32,35);(H,6,7)/t26-;/m0./s1. The van der Waals surface area contributed by atoms with E-state index in [2.05, 4.69) is 20.3 Å². The summed E-state index contributed by atoms with van der Waals surface area (Å²) >= 11 is 0. The van der Waals surface area contributed by atoms with Crippen molar-refractivity contribution in [2.75, 3.05) is 7.11 Å². The third kappa shape index (κ3) is 9.73. The monoisotopic (exact) mass is 600 g/mol. The van der Waals surface area contributed by atoms with Crippen LogP contribution in [-0.2, 0) is 20.8 Å². The molecule has 230 valence electrons. The number of unbranched alkanes of at least 4 members (excludes halogenated alkanes) is 2. The molecule has 0 saturated carbocycles. The first-order chi connectivity index (χ1) is 20.4. The Hall–Kier alpha value is -4.61. The highest BCUT2D eigenvalue weighted by molar-refractivity contribution is 5.91. The minimum Gasteiger partial charge on any atom is -0.497 e. The lowest BCUT2D eigenvalue weighted by Crippen LogP contribution is -2.30. The molecule has 2 heterocycles. The number of hydrogen-bond donors (Lipinski definition) is 4. The Balaban J connectivity index is 0.000000646. The van der Waals surface area contributed by atoms with Crippen molar-refractivity contribution in [3.63, 3.8) is 0 Å². The van der Waals surface area contributed by atoms with Crippen LogP contribution in [0.5, 0.6) is 5.75 Å². The van der Waals surface area contributed by atoms with E-state index >= 15 is 0 Å². The van der Waals surface area contributed by atoms with E-state index in [4.69, 9.17) is 14.6 Å². The van der Waals surface area contributed by atoms with E-state index in [1.807, 2.05) is 61.7 Å². The van der Waals surface area contributed by atoms with E-state index in [1.54, 1.807) is 14.0 Å². The number of amides is 1. The highest BCUT2D eigenvalue weighted by atomic mass is 19.4. The lowest BCUT2D eigenvalue weighted by Gasteiger charge is -2.17. The molecule has 0 aliphatic heterocycles. The molecule has 0 unspecified atom stereocenters. The summed E-state index contributed by atoms with van der Waals surface area (Å²) in [6.45, 7) is 3.61.